The van der Waals surface area contributed by atoms with E-state index in [4.69, 9.17) is 11.6 Å². The van der Waals surface area contributed by atoms with Gasteiger partial charge in [0.25, 0.3) is 0 Å². The summed E-state index contributed by atoms with van der Waals surface area (Å²) >= 11 is 6.48. The van der Waals surface area contributed by atoms with Crippen molar-refractivity contribution in [2.45, 2.75) is 58.2 Å². The molecule has 4 heteroatoms. The first-order valence-electron chi connectivity index (χ1n) is 7.79. The van der Waals surface area contributed by atoms with Gasteiger partial charge in [-0.3, -0.25) is 0 Å². The van der Waals surface area contributed by atoms with Crippen LogP contribution in [0.3, 0.4) is 0 Å². The lowest BCUT2D eigenvalue weighted by Gasteiger charge is -2.29. The molecule has 1 aliphatic carbocycles. The molecule has 0 spiro atoms. The van der Waals surface area contributed by atoms with Gasteiger partial charge in [0.2, 0.25) is 0 Å². The highest BCUT2D eigenvalue weighted by atomic mass is 35.5. The normalized spacial score (nSPS) is 22.8. The van der Waals surface area contributed by atoms with E-state index < -0.39 is 0 Å². The Labute approximate surface area is 126 Å². The van der Waals surface area contributed by atoms with E-state index in [0.29, 0.717) is 12.0 Å². The minimum atomic E-state index is 0.579. The minimum absolute atomic E-state index is 0.579. The number of nitrogens with zero attached hydrogens (tertiary/aromatic N) is 2. The first-order chi connectivity index (χ1) is 9.65. The highest BCUT2D eigenvalue weighted by Gasteiger charge is 2.29. The Morgan fingerprint density at radius 1 is 1.40 bits per heavy atom. The summed E-state index contributed by atoms with van der Waals surface area (Å²) in [6, 6.07) is 3.38. The Balaban J connectivity index is 1.72. The number of hydrogen-bond donors (Lipinski definition) is 1. The van der Waals surface area contributed by atoms with E-state index in [2.05, 4.69) is 35.1 Å². The maximum atomic E-state index is 6.48. The van der Waals surface area contributed by atoms with Gasteiger partial charge < -0.3 is 10.2 Å². The molecule has 1 aromatic heterocycles. The van der Waals surface area contributed by atoms with Crippen LogP contribution in [0.15, 0.2) is 12.3 Å². The number of nitrogens with one attached hydrogen (secondary N) is 1. The zero-order chi connectivity index (χ0) is 14.1. The third-order valence-corrected chi connectivity index (χ3v) is 4.67. The molecule has 110 valence electrons. The number of pyridine rings is 1. The molecule has 1 N–H and O–H groups in total. The standard InChI is InChI=1S/C16H24ClN3/c1-11(2)15-4-3-7-20(15)16-14(17)8-12(10-19-16)9-18-13-5-6-13/h8,10-11,13,15,18H,3-7,9H2,1-2H3. The molecule has 2 fully saturated rings. The fraction of sp³-hybridized carbons (Fsp3) is 0.688. The predicted molar refractivity (Wildman–Crippen MR) is 84.3 cm³/mol. The molecular formula is C16H24ClN3. The molecular weight excluding hydrogens is 270 g/mol. The summed E-state index contributed by atoms with van der Waals surface area (Å²) in [5, 5.41) is 4.30. The van der Waals surface area contributed by atoms with E-state index in [1.807, 2.05) is 6.20 Å². The van der Waals surface area contributed by atoms with Crippen LogP contribution in [-0.2, 0) is 6.54 Å². The van der Waals surface area contributed by atoms with Gasteiger partial charge >= 0.3 is 0 Å². The van der Waals surface area contributed by atoms with Crippen molar-refractivity contribution < 1.29 is 0 Å². The summed E-state index contributed by atoms with van der Waals surface area (Å²) < 4.78 is 0. The van der Waals surface area contributed by atoms with E-state index in [1.165, 1.54) is 31.2 Å². The summed E-state index contributed by atoms with van der Waals surface area (Å²) in [7, 11) is 0. The summed E-state index contributed by atoms with van der Waals surface area (Å²) in [6.45, 7) is 6.52. The molecule has 0 amide bonds. The average molecular weight is 294 g/mol. The minimum Gasteiger partial charge on any atom is -0.352 e. The molecule has 0 aromatic carbocycles. The topological polar surface area (TPSA) is 28.2 Å². The van der Waals surface area contributed by atoms with Crippen LogP contribution < -0.4 is 10.2 Å². The SMILES string of the molecule is CC(C)C1CCCN1c1ncc(CNC2CC2)cc1Cl. The lowest BCUT2D eigenvalue weighted by Crippen LogP contribution is -2.34. The Morgan fingerprint density at radius 3 is 2.85 bits per heavy atom. The van der Waals surface area contributed by atoms with Crippen molar-refractivity contribution in [3.05, 3.63) is 22.8 Å². The molecule has 1 unspecified atom stereocenters. The predicted octanol–water partition coefficient (Wildman–Crippen LogP) is 3.61. The molecule has 3 rings (SSSR count). The lowest BCUT2D eigenvalue weighted by atomic mass is 10.0. The zero-order valence-corrected chi connectivity index (χ0v) is 13.2. The van der Waals surface area contributed by atoms with Crippen LogP contribution in [0.5, 0.6) is 0 Å². The van der Waals surface area contributed by atoms with Crippen molar-refractivity contribution in [3.8, 4) is 0 Å². The highest BCUT2D eigenvalue weighted by Crippen LogP contribution is 2.33. The van der Waals surface area contributed by atoms with Gasteiger partial charge in [0.1, 0.15) is 5.82 Å². The first-order valence-corrected chi connectivity index (χ1v) is 8.17. The zero-order valence-electron chi connectivity index (χ0n) is 12.4. The first kappa shape index (κ1) is 14.2. The fourth-order valence-corrected chi connectivity index (χ4v) is 3.37. The van der Waals surface area contributed by atoms with E-state index in [1.54, 1.807) is 0 Å². The molecule has 0 radical (unpaired) electrons. The van der Waals surface area contributed by atoms with E-state index in [0.717, 1.165) is 30.0 Å². The third-order valence-electron chi connectivity index (χ3n) is 4.39. The van der Waals surface area contributed by atoms with Gasteiger partial charge in [0, 0.05) is 31.4 Å². The maximum Gasteiger partial charge on any atom is 0.147 e. The molecule has 3 nitrogen and oxygen atoms in total. The molecule has 1 aliphatic heterocycles. The van der Waals surface area contributed by atoms with E-state index in [9.17, 15) is 0 Å². The van der Waals surface area contributed by atoms with Gasteiger partial charge in [-0.15, -0.1) is 0 Å². The van der Waals surface area contributed by atoms with Crippen molar-refractivity contribution >= 4 is 17.4 Å². The van der Waals surface area contributed by atoms with Gasteiger partial charge in [-0.05, 0) is 43.2 Å². The Hall–Kier alpha value is -0.800. The van der Waals surface area contributed by atoms with Crippen molar-refractivity contribution in [2.75, 3.05) is 11.4 Å². The second-order valence-electron chi connectivity index (χ2n) is 6.45. The molecule has 1 atom stereocenters. The monoisotopic (exact) mass is 293 g/mol. The Bertz CT molecular complexity index is 471. The number of rotatable bonds is 5. The van der Waals surface area contributed by atoms with Crippen molar-refractivity contribution in [2.24, 2.45) is 5.92 Å². The van der Waals surface area contributed by atoms with Crippen molar-refractivity contribution in [3.63, 3.8) is 0 Å². The molecule has 1 saturated heterocycles. The van der Waals surface area contributed by atoms with Gasteiger partial charge in [-0.2, -0.15) is 0 Å². The van der Waals surface area contributed by atoms with Gasteiger partial charge in [-0.1, -0.05) is 25.4 Å². The highest BCUT2D eigenvalue weighted by molar-refractivity contribution is 6.33. The molecule has 1 aromatic rings. The Morgan fingerprint density at radius 2 is 2.20 bits per heavy atom. The van der Waals surface area contributed by atoms with Crippen LogP contribution in [0.1, 0.15) is 45.1 Å². The van der Waals surface area contributed by atoms with Crippen LogP contribution in [-0.4, -0.2) is 23.6 Å². The fourth-order valence-electron chi connectivity index (χ4n) is 3.08. The summed E-state index contributed by atoms with van der Waals surface area (Å²) in [6.07, 6.45) is 7.09. The van der Waals surface area contributed by atoms with Crippen LogP contribution in [0, 0.1) is 5.92 Å². The molecule has 20 heavy (non-hydrogen) atoms. The number of hydrogen-bond acceptors (Lipinski definition) is 3. The van der Waals surface area contributed by atoms with E-state index >= 15 is 0 Å². The maximum absolute atomic E-state index is 6.48. The van der Waals surface area contributed by atoms with Crippen LogP contribution >= 0.6 is 11.6 Å². The lowest BCUT2D eigenvalue weighted by molar-refractivity contribution is 0.489. The van der Waals surface area contributed by atoms with Crippen molar-refractivity contribution in [1.29, 1.82) is 0 Å². The van der Waals surface area contributed by atoms with E-state index in [-0.39, 0.29) is 0 Å². The summed E-state index contributed by atoms with van der Waals surface area (Å²) in [5.74, 6) is 1.62. The molecule has 1 saturated carbocycles. The van der Waals surface area contributed by atoms with Gasteiger partial charge in [0.15, 0.2) is 0 Å². The van der Waals surface area contributed by atoms with Crippen LogP contribution in [0.4, 0.5) is 5.82 Å². The average Bonchev–Trinajstić information content (AvgIpc) is 3.11. The van der Waals surface area contributed by atoms with Gasteiger partial charge in [-0.25, -0.2) is 4.98 Å². The number of aromatic nitrogens is 1. The molecule has 0 bridgehead atoms. The smallest absolute Gasteiger partial charge is 0.147 e. The van der Waals surface area contributed by atoms with Crippen LogP contribution in [0.2, 0.25) is 5.02 Å². The van der Waals surface area contributed by atoms with Crippen LogP contribution in [0.25, 0.3) is 0 Å². The number of anilines is 1. The third kappa shape index (κ3) is 3.09. The summed E-state index contributed by atoms with van der Waals surface area (Å²) in [4.78, 5) is 7.04. The quantitative estimate of drug-likeness (QED) is 0.899. The second-order valence-corrected chi connectivity index (χ2v) is 6.86. The largest absolute Gasteiger partial charge is 0.352 e. The summed E-state index contributed by atoms with van der Waals surface area (Å²) in [5.41, 5.74) is 1.19. The molecule has 2 heterocycles. The second kappa shape index (κ2) is 5.90. The molecule has 2 aliphatic rings. The number of halogens is 1. The Kier molecular flexibility index (Phi) is 4.18. The van der Waals surface area contributed by atoms with Crippen molar-refractivity contribution in [1.82, 2.24) is 10.3 Å². The van der Waals surface area contributed by atoms with Gasteiger partial charge in [0.05, 0.1) is 5.02 Å².